The van der Waals surface area contributed by atoms with Crippen molar-refractivity contribution in [1.29, 1.82) is 0 Å². The van der Waals surface area contributed by atoms with Gasteiger partial charge in [-0.2, -0.15) is 0 Å². The van der Waals surface area contributed by atoms with Crippen molar-refractivity contribution in [2.24, 2.45) is 5.92 Å². The molecule has 0 bridgehead atoms. The predicted molar refractivity (Wildman–Crippen MR) is 75.5 cm³/mol. The minimum atomic E-state index is 0.926. The Labute approximate surface area is 110 Å². The second kappa shape index (κ2) is 5.41. The van der Waals surface area contributed by atoms with Crippen LogP contribution in [0, 0.1) is 5.92 Å². The molecule has 0 saturated carbocycles. The van der Waals surface area contributed by atoms with Crippen molar-refractivity contribution in [3.8, 4) is 0 Å². The van der Waals surface area contributed by atoms with E-state index in [2.05, 4.69) is 35.3 Å². The van der Waals surface area contributed by atoms with Gasteiger partial charge in [0.1, 0.15) is 0 Å². The number of rotatable bonds is 2. The predicted octanol–water partition coefficient (Wildman–Crippen LogP) is 2.56. The zero-order valence-electron chi connectivity index (χ0n) is 11.4. The highest BCUT2D eigenvalue weighted by Crippen LogP contribution is 2.23. The maximum absolute atomic E-state index is 3.46. The Hall–Kier alpha value is -0.860. The van der Waals surface area contributed by atoms with Crippen LogP contribution in [0.3, 0.4) is 0 Å². The van der Waals surface area contributed by atoms with E-state index in [9.17, 15) is 0 Å². The first-order chi connectivity index (χ1) is 8.83. The number of piperidine rings is 1. The quantitative estimate of drug-likeness (QED) is 0.860. The molecule has 2 aliphatic rings. The zero-order valence-corrected chi connectivity index (χ0v) is 11.4. The molecule has 0 atom stereocenters. The molecule has 2 heteroatoms. The van der Waals surface area contributed by atoms with Gasteiger partial charge in [0, 0.05) is 13.1 Å². The first-order valence-corrected chi connectivity index (χ1v) is 7.35. The Morgan fingerprint density at radius 1 is 1.28 bits per heavy atom. The largest absolute Gasteiger partial charge is 0.312 e. The minimum absolute atomic E-state index is 0.926. The first kappa shape index (κ1) is 12.2. The van der Waals surface area contributed by atoms with Gasteiger partial charge >= 0.3 is 0 Å². The smallest absolute Gasteiger partial charge is 0.0236 e. The molecule has 0 aromatic heterocycles. The molecule has 1 fully saturated rings. The fraction of sp³-hybridized carbons (Fsp3) is 0.625. The Bertz CT molecular complexity index is 406. The molecule has 0 amide bonds. The van der Waals surface area contributed by atoms with Gasteiger partial charge in [-0.1, -0.05) is 25.1 Å². The summed E-state index contributed by atoms with van der Waals surface area (Å²) in [6.45, 7) is 8.30. The van der Waals surface area contributed by atoms with Crippen LogP contribution in [0.25, 0.3) is 0 Å². The highest BCUT2D eigenvalue weighted by atomic mass is 15.1. The summed E-state index contributed by atoms with van der Waals surface area (Å²) in [6.07, 6.45) is 3.95. The second-order valence-electron chi connectivity index (χ2n) is 5.94. The molecule has 2 nitrogen and oxygen atoms in total. The van der Waals surface area contributed by atoms with Gasteiger partial charge in [-0.05, 0) is 61.5 Å². The monoisotopic (exact) mass is 244 g/mol. The Balaban J connectivity index is 1.72. The van der Waals surface area contributed by atoms with E-state index in [0.29, 0.717) is 0 Å². The summed E-state index contributed by atoms with van der Waals surface area (Å²) in [6, 6.07) is 6.85. The highest BCUT2D eigenvalue weighted by molar-refractivity contribution is 5.37. The lowest BCUT2D eigenvalue weighted by Gasteiger charge is -2.31. The van der Waals surface area contributed by atoms with Crippen molar-refractivity contribution in [2.75, 3.05) is 19.6 Å². The summed E-state index contributed by atoms with van der Waals surface area (Å²) in [5.41, 5.74) is 4.71. The molecule has 1 N–H and O–H groups in total. The van der Waals surface area contributed by atoms with E-state index >= 15 is 0 Å². The summed E-state index contributed by atoms with van der Waals surface area (Å²) in [5, 5.41) is 3.46. The van der Waals surface area contributed by atoms with Crippen LogP contribution in [0.15, 0.2) is 18.2 Å². The van der Waals surface area contributed by atoms with Gasteiger partial charge in [-0.25, -0.2) is 0 Å². The van der Waals surface area contributed by atoms with Gasteiger partial charge in [-0.15, -0.1) is 0 Å². The molecule has 2 heterocycles. The number of hydrogen-bond donors (Lipinski definition) is 1. The molecule has 18 heavy (non-hydrogen) atoms. The van der Waals surface area contributed by atoms with E-state index < -0.39 is 0 Å². The average Bonchev–Trinajstić information content (AvgIpc) is 2.42. The van der Waals surface area contributed by atoms with Crippen LogP contribution in [-0.4, -0.2) is 24.5 Å². The van der Waals surface area contributed by atoms with Crippen LogP contribution in [-0.2, 0) is 19.5 Å². The van der Waals surface area contributed by atoms with E-state index in [1.807, 2.05) is 0 Å². The third-order valence-corrected chi connectivity index (χ3v) is 4.51. The summed E-state index contributed by atoms with van der Waals surface area (Å²) in [7, 11) is 0. The molecule has 1 aromatic carbocycles. The van der Waals surface area contributed by atoms with E-state index in [4.69, 9.17) is 0 Å². The van der Waals surface area contributed by atoms with Crippen LogP contribution in [0.5, 0.6) is 0 Å². The lowest BCUT2D eigenvalue weighted by molar-refractivity contribution is 0.184. The van der Waals surface area contributed by atoms with Crippen molar-refractivity contribution in [1.82, 2.24) is 10.2 Å². The zero-order chi connectivity index (χ0) is 12.4. The molecular formula is C16H24N2. The molecule has 0 radical (unpaired) electrons. The average molecular weight is 244 g/mol. The fourth-order valence-corrected chi connectivity index (χ4v) is 3.22. The number of nitrogens with one attached hydrogen (secondary N) is 1. The third kappa shape index (κ3) is 2.60. The molecule has 98 valence electrons. The number of fused-ring (bicyclic) bond motifs is 1. The standard InChI is InChI=1S/C16H24N2/c1-13-6-9-18(10-7-13)12-15-4-2-3-14-11-17-8-5-16(14)15/h2-4,13,17H,5-12H2,1H3. The van der Waals surface area contributed by atoms with Gasteiger partial charge in [0.25, 0.3) is 0 Å². The third-order valence-electron chi connectivity index (χ3n) is 4.51. The van der Waals surface area contributed by atoms with Gasteiger partial charge in [-0.3, -0.25) is 4.90 Å². The van der Waals surface area contributed by atoms with Crippen LogP contribution < -0.4 is 5.32 Å². The number of likely N-dealkylation sites (tertiary alicyclic amines) is 1. The molecule has 1 aromatic rings. The van der Waals surface area contributed by atoms with E-state index in [1.54, 1.807) is 11.1 Å². The van der Waals surface area contributed by atoms with Crippen LogP contribution in [0.2, 0.25) is 0 Å². The first-order valence-electron chi connectivity index (χ1n) is 7.35. The summed E-state index contributed by atoms with van der Waals surface area (Å²) in [4.78, 5) is 2.64. The van der Waals surface area contributed by atoms with E-state index in [-0.39, 0.29) is 0 Å². The van der Waals surface area contributed by atoms with Gasteiger partial charge in [0.05, 0.1) is 0 Å². The molecule has 1 saturated heterocycles. The lowest BCUT2D eigenvalue weighted by atomic mass is 9.94. The van der Waals surface area contributed by atoms with E-state index in [0.717, 1.165) is 25.6 Å². The van der Waals surface area contributed by atoms with Crippen molar-refractivity contribution < 1.29 is 0 Å². The number of hydrogen-bond acceptors (Lipinski definition) is 2. The minimum Gasteiger partial charge on any atom is -0.312 e. The van der Waals surface area contributed by atoms with Crippen molar-refractivity contribution in [3.05, 3.63) is 34.9 Å². The van der Waals surface area contributed by atoms with Crippen LogP contribution in [0.4, 0.5) is 0 Å². The molecular weight excluding hydrogens is 220 g/mol. The van der Waals surface area contributed by atoms with Crippen molar-refractivity contribution in [3.63, 3.8) is 0 Å². The lowest BCUT2D eigenvalue weighted by Crippen LogP contribution is -2.33. The molecule has 3 rings (SSSR count). The summed E-state index contributed by atoms with van der Waals surface area (Å²) in [5.74, 6) is 0.926. The van der Waals surface area contributed by atoms with Gasteiger partial charge in [0.2, 0.25) is 0 Å². The Kier molecular flexibility index (Phi) is 3.67. The number of benzene rings is 1. The van der Waals surface area contributed by atoms with Gasteiger partial charge in [0.15, 0.2) is 0 Å². The second-order valence-corrected chi connectivity index (χ2v) is 5.94. The van der Waals surface area contributed by atoms with Crippen LogP contribution in [0.1, 0.15) is 36.5 Å². The van der Waals surface area contributed by atoms with E-state index in [1.165, 1.54) is 37.9 Å². The fourth-order valence-electron chi connectivity index (χ4n) is 3.22. The molecule has 0 aliphatic carbocycles. The number of nitrogens with zero attached hydrogens (tertiary/aromatic N) is 1. The summed E-state index contributed by atoms with van der Waals surface area (Å²) < 4.78 is 0. The maximum Gasteiger partial charge on any atom is 0.0236 e. The van der Waals surface area contributed by atoms with Crippen molar-refractivity contribution in [2.45, 2.75) is 39.3 Å². The van der Waals surface area contributed by atoms with Crippen molar-refractivity contribution >= 4 is 0 Å². The topological polar surface area (TPSA) is 15.3 Å². The maximum atomic E-state index is 3.46. The Morgan fingerprint density at radius 2 is 2.11 bits per heavy atom. The normalized spacial score (nSPS) is 21.8. The molecule has 0 spiro atoms. The highest BCUT2D eigenvalue weighted by Gasteiger charge is 2.18. The summed E-state index contributed by atoms with van der Waals surface area (Å²) >= 11 is 0. The molecule has 2 aliphatic heterocycles. The Morgan fingerprint density at radius 3 is 2.94 bits per heavy atom. The van der Waals surface area contributed by atoms with Gasteiger partial charge < -0.3 is 5.32 Å². The molecule has 0 unspecified atom stereocenters. The van der Waals surface area contributed by atoms with Crippen LogP contribution >= 0.6 is 0 Å². The SMILES string of the molecule is CC1CCN(Cc2cccc3c2CCNC3)CC1.